The second-order valence-electron chi connectivity index (χ2n) is 4.74. The molecule has 0 radical (unpaired) electrons. The molecule has 0 bridgehead atoms. The summed E-state index contributed by atoms with van der Waals surface area (Å²) in [6, 6.07) is 27.4. The van der Waals surface area contributed by atoms with E-state index in [1.807, 2.05) is 18.2 Å². The Hall–Kier alpha value is -2.60. The van der Waals surface area contributed by atoms with E-state index in [2.05, 4.69) is 73.3 Å². The Labute approximate surface area is 120 Å². The molecule has 0 spiro atoms. The van der Waals surface area contributed by atoms with Crippen molar-refractivity contribution in [3.05, 3.63) is 91.0 Å². The summed E-state index contributed by atoms with van der Waals surface area (Å²) in [7, 11) is 0. The summed E-state index contributed by atoms with van der Waals surface area (Å²) in [6.07, 6.45) is 1.91. The highest BCUT2D eigenvalue weighted by Crippen LogP contribution is 2.30. The van der Waals surface area contributed by atoms with E-state index in [-0.39, 0.29) is 0 Å². The van der Waals surface area contributed by atoms with Gasteiger partial charge in [0.2, 0.25) is 0 Å². The van der Waals surface area contributed by atoms with Gasteiger partial charge in [-0.15, -0.1) is 0 Å². The van der Waals surface area contributed by atoms with Gasteiger partial charge in [0.05, 0.1) is 0 Å². The van der Waals surface area contributed by atoms with Crippen LogP contribution < -0.4 is 0 Å². The molecular formula is C20H16. The van der Waals surface area contributed by atoms with Gasteiger partial charge >= 0.3 is 0 Å². The molecule has 0 unspecified atom stereocenters. The maximum atomic E-state index is 3.92. The van der Waals surface area contributed by atoms with Crippen molar-refractivity contribution in [1.82, 2.24) is 0 Å². The van der Waals surface area contributed by atoms with Crippen molar-refractivity contribution < 1.29 is 0 Å². The fourth-order valence-electron chi connectivity index (χ4n) is 2.41. The lowest BCUT2D eigenvalue weighted by Gasteiger charge is -2.10. The molecule has 20 heavy (non-hydrogen) atoms. The minimum absolute atomic E-state index is 1.16. The van der Waals surface area contributed by atoms with Gasteiger partial charge in [-0.05, 0) is 33.9 Å². The van der Waals surface area contributed by atoms with Gasteiger partial charge in [0.15, 0.2) is 0 Å². The number of hydrogen-bond acceptors (Lipinski definition) is 0. The fraction of sp³-hybridized carbons (Fsp3) is 0. The van der Waals surface area contributed by atoms with Crippen LogP contribution in [0.5, 0.6) is 0 Å². The summed E-state index contributed by atoms with van der Waals surface area (Å²) in [5, 5.41) is 0. The maximum absolute atomic E-state index is 3.92. The van der Waals surface area contributed by atoms with Crippen LogP contribution in [0.2, 0.25) is 0 Å². The Morgan fingerprint density at radius 3 is 1.80 bits per heavy atom. The highest BCUT2D eigenvalue weighted by Gasteiger charge is 2.05. The van der Waals surface area contributed by atoms with Gasteiger partial charge in [0.25, 0.3) is 0 Å². The van der Waals surface area contributed by atoms with Gasteiger partial charge < -0.3 is 0 Å². The van der Waals surface area contributed by atoms with Crippen molar-refractivity contribution in [3.8, 4) is 22.3 Å². The Morgan fingerprint density at radius 2 is 1.20 bits per heavy atom. The van der Waals surface area contributed by atoms with Crippen LogP contribution in [0.1, 0.15) is 5.56 Å². The normalized spacial score (nSPS) is 10.2. The monoisotopic (exact) mass is 256 g/mol. The molecule has 0 saturated heterocycles. The Balaban J connectivity index is 2.16. The lowest BCUT2D eigenvalue weighted by Crippen LogP contribution is -1.85. The first-order valence-electron chi connectivity index (χ1n) is 6.76. The van der Waals surface area contributed by atoms with Gasteiger partial charge in [-0.2, -0.15) is 0 Å². The van der Waals surface area contributed by atoms with Crippen molar-refractivity contribution in [2.24, 2.45) is 0 Å². The highest BCUT2D eigenvalue weighted by atomic mass is 14.1. The standard InChI is InChI=1S/C20H16/c1-2-16-13-14-19(17-9-5-3-6-10-17)15-20(16)18-11-7-4-8-12-18/h2-15H,1H2. The summed E-state index contributed by atoms with van der Waals surface area (Å²) in [5.41, 5.74) is 6.08. The van der Waals surface area contributed by atoms with E-state index < -0.39 is 0 Å². The second kappa shape index (κ2) is 5.58. The molecule has 3 rings (SSSR count). The third-order valence-corrected chi connectivity index (χ3v) is 3.47. The predicted octanol–water partition coefficient (Wildman–Crippen LogP) is 5.66. The molecule has 0 nitrogen and oxygen atoms in total. The summed E-state index contributed by atoms with van der Waals surface area (Å²) in [4.78, 5) is 0. The molecule has 0 heteroatoms. The molecule has 0 aliphatic rings. The van der Waals surface area contributed by atoms with Crippen LogP contribution in [-0.4, -0.2) is 0 Å². The molecule has 3 aromatic rings. The van der Waals surface area contributed by atoms with E-state index in [0.29, 0.717) is 0 Å². The molecule has 0 heterocycles. The average molecular weight is 256 g/mol. The van der Waals surface area contributed by atoms with Crippen molar-refractivity contribution in [1.29, 1.82) is 0 Å². The van der Waals surface area contributed by atoms with Gasteiger partial charge in [-0.1, -0.05) is 85.5 Å². The van der Waals surface area contributed by atoms with Crippen LogP contribution >= 0.6 is 0 Å². The van der Waals surface area contributed by atoms with Gasteiger partial charge in [-0.3, -0.25) is 0 Å². The van der Waals surface area contributed by atoms with Crippen molar-refractivity contribution >= 4 is 6.08 Å². The molecule has 0 amide bonds. The first-order chi connectivity index (χ1) is 9.88. The SMILES string of the molecule is C=Cc1ccc(-c2ccccc2)cc1-c1ccccc1. The van der Waals surface area contributed by atoms with E-state index in [4.69, 9.17) is 0 Å². The van der Waals surface area contributed by atoms with Crippen LogP contribution in [0.15, 0.2) is 85.4 Å². The lowest BCUT2D eigenvalue weighted by molar-refractivity contribution is 1.57. The van der Waals surface area contributed by atoms with Crippen molar-refractivity contribution in [2.75, 3.05) is 0 Å². The number of hydrogen-bond donors (Lipinski definition) is 0. The van der Waals surface area contributed by atoms with E-state index in [0.717, 1.165) is 5.56 Å². The Kier molecular flexibility index (Phi) is 3.47. The first-order valence-corrected chi connectivity index (χ1v) is 6.76. The molecule has 0 aliphatic carbocycles. The molecular weight excluding hydrogens is 240 g/mol. The van der Waals surface area contributed by atoms with Gasteiger partial charge in [0, 0.05) is 0 Å². The zero-order chi connectivity index (χ0) is 13.8. The topological polar surface area (TPSA) is 0 Å². The number of rotatable bonds is 3. The second-order valence-corrected chi connectivity index (χ2v) is 4.74. The lowest BCUT2D eigenvalue weighted by atomic mass is 9.94. The van der Waals surface area contributed by atoms with Crippen molar-refractivity contribution in [3.63, 3.8) is 0 Å². The van der Waals surface area contributed by atoms with E-state index in [1.165, 1.54) is 22.3 Å². The first kappa shape index (κ1) is 12.4. The molecule has 3 aromatic carbocycles. The van der Waals surface area contributed by atoms with Crippen LogP contribution in [0.25, 0.3) is 28.3 Å². The third-order valence-electron chi connectivity index (χ3n) is 3.47. The smallest absolute Gasteiger partial charge is 0.0105 e. The van der Waals surface area contributed by atoms with Crippen LogP contribution in [0, 0.1) is 0 Å². The molecule has 0 aliphatic heterocycles. The molecule has 0 saturated carbocycles. The van der Waals surface area contributed by atoms with Crippen LogP contribution in [0.3, 0.4) is 0 Å². The summed E-state index contributed by atoms with van der Waals surface area (Å²) < 4.78 is 0. The van der Waals surface area contributed by atoms with E-state index >= 15 is 0 Å². The Morgan fingerprint density at radius 1 is 0.600 bits per heavy atom. The van der Waals surface area contributed by atoms with Crippen LogP contribution in [-0.2, 0) is 0 Å². The quantitative estimate of drug-likeness (QED) is 0.567. The molecule has 0 N–H and O–H groups in total. The zero-order valence-corrected chi connectivity index (χ0v) is 11.3. The number of benzene rings is 3. The minimum atomic E-state index is 1.16. The summed E-state index contributed by atoms with van der Waals surface area (Å²) >= 11 is 0. The third kappa shape index (κ3) is 2.41. The fourth-order valence-corrected chi connectivity index (χ4v) is 2.41. The largest absolute Gasteiger partial charge is 0.0984 e. The van der Waals surface area contributed by atoms with Gasteiger partial charge in [0.1, 0.15) is 0 Å². The molecule has 0 aromatic heterocycles. The van der Waals surface area contributed by atoms with E-state index in [1.54, 1.807) is 0 Å². The Bertz CT molecular complexity index is 710. The molecule has 96 valence electrons. The average Bonchev–Trinajstić information content (AvgIpc) is 2.56. The minimum Gasteiger partial charge on any atom is -0.0984 e. The molecule has 0 fully saturated rings. The molecule has 0 atom stereocenters. The van der Waals surface area contributed by atoms with Gasteiger partial charge in [-0.25, -0.2) is 0 Å². The zero-order valence-electron chi connectivity index (χ0n) is 11.3. The summed E-state index contributed by atoms with van der Waals surface area (Å²) in [5.74, 6) is 0. The van der Waals surface area contributed by atoms with Crippen LogP contribution in [0.4, 0.5) is 0 Å². The van der Waals surface area contributed by atoms with Crippen molar-refractivity contribution in [2.45, 2.75) is 0 Å². The summed E-state index contributed by atoms with van der Waals surface area (Å²) in [6.45, 7) is 3.92. The van der Waals surface area contributed by atoms with E-state index in [9.17, 15) is 0 Å². The maximum Gasteiger partial charge on any atom is -0.0105 e. The predicted molar refractivity (Wildman–Crippen MR) is 87.4 cm³/mol. The highest BCUT2D eigenvalue weighted by molar-refractivity contribution is 5.80.